The summed E-state index contributed by atoms with van der Waals surface area (Å²) in [5.74, 6) is -1.49. The van der Waals surface area contributed by atoms with Crippen LogP contribution < -0.4 is 5.32 Å². The normalized spacial score (nSPS) is 15.3. The number of halogens is 1. The third-order valence-corrected chi connectivity index (χ3v) is 5.97. The van der Waals surface area contributed by atoms with Crippen molar-refractivity contribution in [3.63, 3.8) is 0 Å². The number of rotatable bonds is 5. The van der Waals surface area contributed by atoms with Crippen LogP contribution in [0.2, 0.25) is 5.02 Å². The lowest BCUT2D eigenvalue weighted by Crippen LogP contribution is -2.57. The topological polar surface area (TPSA) is 75.6 Å². The molecule has 6 heteroatoms. The Labute approximate surface area is 185 Å². The number of aliphatic carboxylic acids is 1. The summed E-state index contributed by atoms with van der Waals surface area (Å²) in [6.07, 6.45) is 0.463. The molecule has 5 nitrogen and oxygen atoms in total. The predicted octanol–water partition coefficient (Wildman–Crippen LogP) is 5.04. The van der Waals surface area contributed by atoms with Gasteiger partial charge in [0.15, 0.2) is 0 Å². The van der Waals surface area contributed by atoms with E-state index in [0.29, 0.717) is 29.4 Å². The summed E-state index contributed by atoms with van der Waals surface area (Å²) in [5.41, 5.74) is 2.83. The molecule has 1 heterocycles. The first kappa shape index (κ1) is 21.1. The van der Waals surface area contributed by atoms with E-state index >= 15 is 0 Å². The quantitative estimate of drug-likeness (QED) is 0.588. The van der Waals surface area contributed by atoms with Gasteiger partial charge in [-0.25, -0.2) is 4.79 Å². The van der Waals surface area contributed by atoms with Crippen LogP contribution >= 0.6 is 11.6 Å². The second kappa shape index (κ2) is 8.92. The van der Waals surface area contributed by atoms with Crippen LogP contribution in [0.5, 0.6) is 0 Å². The Morgan fingerprint density at radius 3 is 2.13 bits per heavy atom. The SMILES string of the molecule is O=C(NC1(C(=O)O)CCOCC1)c1ccc(Cl)c(-c2ccc(-c3ccccc3)cc2)c1. The van der Waals surface area contributed by atoms with Crippen LogP contribution in [0.15, 0.2) is 72.8 Å². The van der Waals surface area contributed by atoms with Crippen molar-refractivity contribution in [2.45, 2.75) is 18.4 Å². The van der Waals surface area contributed by atoms with Crippen LogP contribution in [0.3, 0.4) is 0 Å². The summed E-state index contributed by atoms with van der Waals surface area (Å²) in [7, 11) is 0. The van der Waals surface area contributed by atoms with Gasteiger partial charge in [0, 0.05) is 42.2 Å². The Bertz CT molecular complexity index is 1090. The van der Waals surface area contributed by atoms with Gasteiger partial charge >= 0.3 is 5.97 Å². The number of carbonyl (C=O) groups excluding carboxylic acids is 1. The third-order valence-electron chi connectivity index (χ3n) is 5.64. The van der Waals surface area contributed by atoms with Gasteiger partial charge in [-0.1, -0.05) is 66.2 Å². The van der Waals surface area contributed by atoms with E-state index in [4.69, 9.17) is 16.3 Å². The Kier molecular flexibility index (Phi) is 6.07. The molecule has 31 heavy (non-hydrogen) atoms. The van der Waals surface area contributed by atoms with Gasteiger partial charge in [0.25, 0.3) is 5.91 Å². The molecular formula is C25H22ClNO4. The average molecular weight is 436 g/mol. The molecule has 0 radical (unpaired) electrons. The van der Waals surface area contributed by atoms with Gasteiger partial charge < -0.3 is 15.2 Å². The molecule has 1 amide bonds. The Morgan fingerprint density at radius 2 is 1.48 bits per heavy atom. The maximum absolute atomic E-state index is 12.9. The number of carboxylic acid groups (broad SMARTS) is 1. The number of carbonyl (C=O) groups is 2. The lowest BCUT2D eigenvalue weighted by atomic mass is 9.89. The number of ether oxygens (including phenoxy) is 1. The van der Waals surface area contributed by atoms with Gasteiger partial charge in [0.1, 0.15) is 5.54 Å². The fraction of sp³-hybridized carbons (Fsp3) is 0.200. The number of hydrogen-bond donors (Lipinski definition) is 2. The molecule has 1 fully saturated rings. The molecule has 2 N–H and O–H groups in total. The van der Waals surface area contributed by atoms with Crippen molar-refractivity contribution in [3.05, 3.63) is 83.4 Å². The Morgan fingerprint density at radius 1 is 0.871 bits per heavy atom. The van der Waals surface area contributed by atoms with E-state index in [9.17, 15) is 14.7 Å². The molecule has 0 bridgehead atoms. The third kappa shape index (κ3) is 4.48. The van der Waals surface area contributed by atoms with E-state index in [1.165, 1.54) is 0 Å². The number of hydrogen-bond acceptors (Lipinski definition) is 3. The number of benzene rings is 3. The fourth-order valence-electron chi connectivity index (χ4n) is 3.76. The molecule has 0 saturated carbocycles. The highest BCUT2D eigenvalue weighted by molar-refractivity contribution is 6.33. The van der Waals surface area contributed by atoms with Crippen molar-refractivity contribution < 1.29 is 19.4 Å². The Hall–Kier alpha value is -3.15. The summed E-state index contributed by atoms with van der Waals surface area (Å²) in [4.78, 5) is 24.7. The highest BCUT2D eigenvalue weighted by atomic mass is 35.5. The van der Waals surface area contributed by atoms with Crippen molar-refractivity contribution in [2.75, 3.05) is 13.2 Å². The molecule has 4 rings (SSSR count). The lowest BCUT2D eigenvalue weighted by Gasteiger charge is -2.33. The maximum atomic E-state index is 12.9. The second-order valence-corrected chi connectivity index (χ2v) is 8.00. The molecule has 0 spiro atoms. The summed E-state index contributed by atoms with van der Waals surface area (Å²) in [6.45, 7) is 0.596. The zero-order valence-electron chi connectivity index (χ0n) is 16.8. The number of carboxylic acids is 1. The lowest BCUT2D eigenvalue weighted by molar-refractivity contribution is -0.148. The first-order valence-electron chi connectivity index (χ1n) is 10.1. The minimum Gasteiger partial charge on any atom is -0.480 e. The zero-order chi connectivity index (χ0) is 21.8. The molecule has 1 aliphatic heterocycles. The number of nitrogens with one attached hydrogen (secondary N) is 1. The molecule has 0 aromatic heterocycles. The smallest absolute Gasteiger partial charge is 0.329 e. The minimum atomic E-state index is -1.31. The number of amides is 1. The standard InChI is InChI=1S/C25H22ClNO4/c26-22-11-10-20(23(28)27-25(24(29)30)12-14-31-15-13-25)16-21(22)19-8-6-18(7-9-19)17-4-2-1-3-5-17/h1-11,16H,12-15H2,(H,27,28)(H,29,30). The first-order chi connectivity index (χ1) is 15.0. The van der Waals surface area contributed by atoms with Gasteiger partial charge in [0.05, 0.1) is 0 Å². The molecule has 158 valence electrons. The highest BCUT2D eigenvalue weighted by Gasteiger charge is 2.41. The average Bonchev–Trinajstić information content (AvgIpc) is 2.80. The van der Waals surface area contributed by atoms with E-state index in [-0.39, 0.29) is 12.8 Å². The first-order valence-corrected chi connectivity index (χ1v) is 10.5. The summed E-state index contributed by atoms with van der Waals surface area (Å²) < 4.78 is 5.26. The van der Waals surface area contributed by atoms with E-state index in [1.54, 1.807) is 18.2 Å². The highest BCUT2D eigenvalue weighted by Crippen LogP contribution is 2.31. The maximum Gasteiger partial charge on any atom is 0.329 e. The summed E-state index contributed by atoms with van der Waals surface area (Å²) >= 11 is 6.42. The van der Waals surface area contributed by atoms with Crippen molar-refractivity contribution in [1.82, 2.24) is 5.32 Å². The molecule has 0 unspecified atom stereocenters. The predicted molar refractivity (Wildman–Crippen MR) is 120 cm³/mol. The van der Waals surface area contributed by atoms with Crippen molar-refractivity contribution in [3.8, 4) is 22.3 Å². The van der Waals surface area contributed by atoms with Crippen LogP contribution in [-0.2, 0) is 9.53 Å². The van der Waals surface area contributed by atoms with E-state index in [0.717, 1.165) is 16.7 Å². The molecule has 3 aromatic carbocycles. The Balaban J connectivity index is 1.60. The van der Waals surface area contributed by atoms with Crippen LogP contribution in [0.25, 0.3) is 22.3 Å². The zero-order valence-corrected chi connectivity index (χ0v) is 17.6. The van der Waals surface area contributed by atoms with Gasteiger partial charge in [-0.05, 0) is 34.9 Å². The molecule has 0 aliphatic carbocycles. The van der Waals surface area contributed by atoms with Crippen LogP contribution in [0.1, 0.15) is 23.2 Å². The molecule has 1 saturated heterocycles. The fourth-order valence-corrected chi connectivity index (χ4v) is 3.99. The van der Waals surface area contributed by atoms with E-state index < -0.39 is 17.4 Å². The van der Waals surface area contributed by atoms with Crippen LogP contribution in [0, 0.1) is 0 Å². The van der Waals surface area contributed by atoms with Crippen LogP contribution in [0.4, 0.5) is 0 Å². The molecule has 3 aromatic rings. The van der Waals surface area contributed by atoms with Gasteiger partial charge in [-0.2, -0.15) is 0 Å². The van der Waals surface area contributed by atoms with Crippen molar-refractivity contribution >= 4 is 23.5 Å². The van der Waals surface area contributed by atoms with E-state index in [1.807, 2.05) is 54.6 Å². The molecule has 0 atom stereocenters. The second-order valence-electron chi connectivity index (χ2n) is 7.59. The largest absolute Gasteiger partial charge is 0.480 e. The van der Waals surface area contributed by atoms with Gasteiger partial charge in [0.2, 0.25) is 0 Å². The monoisotopic (exact) mass is 435 g/mol. The van der Waals surface area contributed by atoms with E-state index in [2.05, 4.69) is 5.32 Å². The molecular weight excluding hydrogens is 414 g/mol. The van der Waals surface area contributed by atoms with Crippen molar-refractivity contribution in [1.29, 1.82) is 0 Å². The van der Waals surface area contributed by atoms with Crippen molar-refractivity contribution in [2.24, 2.45) is 0 Å². The van der Waals surface area contributed by atoms with Gasteiger partial charge in [-0.15, -0.1) is 0 Å². The van der Waals surface area contributed by atoms with Crippen LogP contribution in [-0.4, -0.2) is 35.7 Å². The van der Waals surface area contributed by atoms with Gasteiger partial charge in [-0.3, -0.25) is 4.79 Å². The molecule has 1 aliphatic rings. The summed E-state index contributed by atoms with van der Waals surface area (Å²) in [5, 5.41) is 12.9. The summed E-state index contributed by atoms with van der Waals surface area (Å²) in [6, 6.07) is 22.9. The minimum absolute atomic E-state index is 0.232.